The van der Waals surface area contributed by atoms with Crippen LogP contribution in [0.4, 0.5) is 0 Å². The van der Waals surface area contributed by atoms with Crippen molar-refractivity contribution in [1.82, 2.24) is 18.8 Å². The molecular weight excluding hydrogens is 408 g/mol. The van der Waals surface area contributed by atoms with E-state index in [0.29, 0.717) is 41.6 Å². The molecule has 0 amide bonds. The topological polar surface area (TPSA) is 118 Å². The fourth-order valence-corrected chi connectivity index (χ4v) is 5.71. The molecule has 9 nitrogen and oxygen atoms in total. The first kappa shape index (κ1) is 18.8. The Hall–Kier alpha value is -3.24. The van der Waals surface area contributed by atoms with Crippen LogP contribution in [0.1, 0.15) is 24.7 Å². The molecule has 5 rings (SSSR count). The van der Waals surface area contributed by atoms with E-state index in [-0.39, 0.29) is 16.0 Å². The van der Waals surface area contributed by atoms with Crippen LogP contribution in [0.25, 0.3) is 22.0 Å². The molecule has 10 heteroatoms. The molecule has 0 radical (unpaired) electrons. The molecular formula is C20H18N4O5S. The maximum Gasteiger partial charge on any atom is 0.417 e. The Morgan fingerprint density at radius 2 is 1.97 bits per heavy atom. The van der Waals surface area contributed by atoms with Crippen LogP contribution in [0.3, 0.4) is 0 Å². The Bertz CT molecular complexity index is 1520. The van der Waals surface area contributed by atoms with Crippen LogP contribution in [-0.4, -0.2) is 33.8 Å². The van der Waals surface area contributed by atoms with Crippen molar-refractivity contribution >= 4 is 32.0 Å². The molecule has 0 spiro atoms. The molecule has 0 bridgehead atoms. The maximum absolute atomic E-state index is 13.4. The van der Waals surface area contributed by atoms with Crippen LogP contribution >= 0.6 is 0 Å². The number of benzene rings is 2. The maximum atomic E-state index is 13.4. The fraction of sp³-hybridized carbons (Fsp3) is 0.250. The van der Waals surface area contributed by atoms with Gasteiger partial charge < -0.3 is 4.42 Å². The van der Waals surface area contributed by atoms with Gasteiger partial charge in [-0.15, -0.1) is 0 Å². The van der Waals surface area contributed by atoms with Crippen LogP contribution in [0, 0.1) is 0 Å². The van der Waals surface area contributed by atoms with Gasteiger partial charge in [-0.25, -0.2) is 18.2 Å². The van der Waals surface area contributed by atoms with E-state index in [9.17, 15) is 18.0 Å². The molecule has 3 heterocycles. The molecule has 30 heavy (non-hydrogen) atoms. The van der Waals surface area contributed by atoms with Gasteiger partial charge >= 0.3 is 5.76 Å². The summed E-state index contributed by atoms with van der Waals surface area (Å²) < 4.78 is 34.6. The molecule has 2 aromatic carbocycles. The van der Waals surface area contributed by atoms with E-state index in [4.69, 9.17) is 4.42 Å². The summed E-state index contributed by atoms with van der Waals surface area (Å²) in [6, 6.07) is 10.7. The van der Waals surface area contributed by atoms with Crippen molar-refractivity contribution in [3.8, 4) is 0 Å². The number of aromatic nitrogens is 3. The summed E-state index contributed by atoms with van der Waals surface area (Å²) in [7, 11) is -2.29. The minimum Gasteiger partial charge on any atom is -0.408 e. The fourth-order valence-electron chi connectivity index (χ4n) is 4.04. The average Bonchev–Trinajstić information content (AvgIpc) is 3.36. The van der Waals surface area contributed by atoms with E-state index >= 15 is 0 Å². The molecule has 1 N–H and O–H groups in total. The molecule has 0 saturated carbocycles. The number of nitrogens with zero attached hydrogens (tertiary/aromatic N) is 3. The number of fused-ring (bicyclic) bond motifs is 2. The van der Waals surface area contributed by atoms with E-state index in [1.54, 1.807) is 31.3 Å². The number of H-pyrrole nitrogens is 1. The van der Waals surface area contributed by atoms with Gasteiger partial charge in [0.05, 0.1) is 27.4 Å². The Kier molecular flexibility index (Phi) is 4.16. The number of hydrogen-bond donors (Lipinski definition) is 1. The lowest BCUT2D eigenvalue weighted by Gasteiger charge is -2.25. The summed E-state index contributed by atoms with van der Waals surface area (Å²) in [5, 5.41) is 0.490. The molecule has 2 aromatic heterocycles. The summed E-state index contributed by atoms with van der Waals surface area (Å²) >= 11 is 0. The highest BCUT2D eigenvalue weighted by Gasteiger charge is 2.38. The minimum atomic E-state index is -3.90. The molecule has 1 aliphatic heterocycles. The zero-order valence-corrected chi connectivity index (χ0v) is 16.8. The van der Waals surface area contributed by atoms with Crippen LogP contribution in [0.2, 0.25) is 0 Å². The van der Waals surface area contributed by atoms with Gasteiger partial charge in [0.2, 0.25) is 10.0 Å². The molecule has 0 aliphatic carbocycles. The second kappa shape index (κ2) is 6.64. The molecule has 1 saturated heterocycles. The molecule has 1 unspecified atom stereocenters. The second-order valence-corrected chi connectivity index (χ2v) is 9.19. The first-order valence-corrected chi connectivity index (χ1v) is 10.9. The quantitative estimate of drug-likeness (QED) is 0.534. The zero-order valence-electron chi connectivity index (χ0n) is 16.0. The highest BCUT2D eigenvalue weighted by atomic mass is 32.2. The number of para-hydroxylation sites is 1. The number of sulfonamides is 1. The van der Waals surface area contributed by atoms with Gasteiger partial charge in [0.25, 0.3) is 5.56 Å². The standard InChI is InChI=1S/C20H18N4O5S/c1-23-18(21-14-6-3-2-5-13(14)19(23)25)16-7-4-10-24(16)30(27,28)12-8-9-15-17(11-12)29-20(26)22-15/h2-3,5-6,8-9,11,16H,4,7,10H2,1H3,(H,22,26). The SMILES string of the molecule is Cn1c(C2CCCN2S(=O)(=O)c2ccc3[nH]c(=O)oc3c2)nc2ccccc2c1=O. The molecule has 154 valence electrons. The number of oxazole rings is 1. The Balaban J connectivity index is 1.62. The van der Waals surface area contributed by atoms with Crippen molar-refractivity contribution in [3.63, 3.8) is 0 Å². The largest absolute Gasteiger partial charge is 0.417 e. The van der Waals surface area contributed by atoms with E-state index in [1.807, 2.05) is 0 Å². The van der Waals surface area contributed by atoms with Gasteiger partial charge in [-0.3, -0.25) is 14.3 Å². The molecule has 4 aromatic rings. The van der Waals surface area contributed by atoms with Crippen molar-refractivity contribution in [2.24, 2.45) is 7.05 Å². The van der Waals surface area contributed by atoms with Gasteiger partial charge in [-0.05, 0) is 37.1 Å². The first-order valence-electron chi connectivity index (χ1n) is 9.46. The minimum absolute atomic E-state index is 0.0236. The van der Waals surface area contributed by atoms with Gasteiger partial charge in [0.15, 0.2) is 5.58 Å². The summed E-state index contributed by atoms with van der Waals surface area (Å²) in [5.41, 5.74) is 0.925. The lowest BCUT2D eigenvalue weighted by atomic mass is 10.2. The third kappa shape index (κ3) is 2.79. The summed E-state index contributed by atoms with van der Waals surface area (Å²) in [6.45, 7) is 0.310. The highest BCUT2D eigenvalue weighted by molar-refractivity contribution is 7.89. The van der Waals surface area contributed by atoms with E-state index < -0.39 is 21.8 Å². The third-order valence-electron chi connectivity index (χ3n) is 5.52. The first-order chi connectivity index (χ1) is 14.4. The van der Waals surface area contributed by atoms with E-state index in [2.05, 4.69) is 9.97 Å². The monoisotopic (exact) mass is 426 g/mol. The number of nitrogens with one attached hydrogen (secondary N) is 1. The smallest absolute Gasteiger partial charge is 0.408 e. The van der Waals surface area contributed by atoms with Gasteiger partial charge in [-0.1, -0.05) is 12.1 Å². The van der Waals surface area contributed by atoms with E-state index in [1.165, 1.54) is 27.1 Å². The van der Waals surface area contributed by atoms with E-state index in [0.717, 1.165) is 0 Å². The predicted molar refractivity (Wildman–Crippen MR) is 110 cm³/mol. The molecule has 1 fully saturated rings. The van der Waals surface area contributed by atoms with Gasteiger partial charge in [0, 0.05) is 19.7 Å². The number of aromatic amines is 1. The van der Waals surface area contributed by atoms with Crippen LogP contribution in [-0.2, 0) is 17.1 Å². The van der Waals surface area contributed by atoms with Crippen molar-refractivity contribution in [3.05, 3.63) is 69.2 Å². The van der Waals surface area contributed by atoms with Crippen molar-refractivity contribution in [1.29, 1.82) is 0 Å². The van der Waals surface area contributed by atoms with Crippen LogP contribution in [0.15, 0.2) is 61.4 Å². The molecule has 1 aliphatic rings. The summed E-state index contributed by atoms with van der Waals surface area (Å²) in [4.78, 5) is 31.3. The summed E-state index contributed by atoms with van der Waals surface area (Å²) in [5.74, 6) is -0.233. The Morgan fingerprint density at radius 3 is 2.80 bits per heavy atom. The molecule has 1 atom stereocenters. The van der Waals surface area contributed by atoms with Crippen molar-refractivity contribution in [2.45, 2.75) is 23.8 Å². The van der Waals surface area contributed by atoms with Crippen molar-refractivity contribution in [2.75, 3.05) is 6.54 Å². The lowest BCUT2D eigenvalue weighted by Crippen LogP contribution is -2.34. The average molecular weight is 426 g/mol. The number of rotatable bonds is 3. The predicted octanol–water partition coefficient (Wildman–Crippen LogP) is 1.89. The van der Waals surface area contributed by atoms with Gasteiger partial charge in [0.1, 0.15) is 5.82 Å². The Morgan fingerprint density at radius 1 is 1.17 bits per heavy atom. The van der Waals surface area contributed by atoms with Crippen LogP contribution in [0.5, 0.6) is 0 Å². The third-order valence-corrected chi connectivity index (χ3v) is 7.42. The Labute approximate surface area is 170 Å². The normalized spacial score (nSPS) is 17.8. The van der Waals surface area contributed by atoms with Crippen molar-refractivity contribution < 1.29 is 12.8 Å². The highest BCUT2D eigenvalue weighted by Crippen LogP contribution is 2.36. The van der Waals surface area contributed by atoms with Crippen LogP contribution < -0.4 is 11.3 Å². The van der Waals surface area contributed by atoms with Gasteiger partial charge in [-0.2, -0.15) is 4.31 Å². The number of hydrogen-bond acceptors (Lipinski definition) is 6. The summed E-state index contributed by atoms with van der Waals surface area (Å²) in [6.07, 6.45) is 1.20. The zero-order chi connectivity index (χ0) is 21.0. The second-order valence-electron chi connectivity index (χ2n) is 7.30. The lowest BCUT2D eigenvalue weighted by molar-refractivity contribution is 0.374.